The summed E-state index contributed by atoms with van der Waals surface area (Å²) in [4.78, 5) is 25.4. The first kappa shape index (κ1) is 13.5. The largest absolute Gasteiger partial charge is 0.494 e. The Labute approximate surface area is 112 Å². The van der Waals surface area contributed by atoms with Crippen LogP contribution in [0.1, 0.15) is 18.1 Å². The van der Waals surface area contributed by atoms with Gasteiger partial charge in [-0.05, 0) is 24.6 Å². The van der Waals surface area contributed by atoms with Gasteiger partial charge in [0, 0.05) is 0 Å². The lowest BCUT2D eigenvalue weighted by Crippen LogP contribution is -2.31. The maximum absolute atomic E-state index is 13.3. The molecule has 0 aliphatic carbocycles. The summed E-state index contributed by atoms with van der Waals surface area (Å²) in [7, 11) is 0. The number of aromatic amines is 1. The van der Waals surface area contributed by atoms with Crippen molar-refractivity contribution in [2.75, 3.05) is 0 Å². The summed E-state index contributed by atoms with van der Waals surface area (Å²) in [6, 6.07) is 5.00. The van der Waals surface area contributed by atoms with Gasteiger partial charge >= 0.3 is 5.69 Å². The number of rotatable bonds is 2. The van der Waals surface area contributed by atoms with Crippen molar-refractivity contribution in [1.82, 2.24) is 9.55 Å². The van der Waals surface area contributed by atoms with E-state index in [9.17, 15) is 19.1 Å². The number of aromatic nitrogens is 2. The zero-order valence-electron chi connectivity index (χ0n) is 10.5. The monoisotopic (exact) mass is 275 g/mol. The van der Waals surface area contributed by atoms with Crippen LogP contribution in [0.25, 0.3) is 5.69 Å². The summed E-state index contributed by atoms with van der Waals surface area (Å²) in [5.74, 6) is -1.25. The van der Waals surface area contributed by atoms with E-state index in [0.29, 0.717) is 0 Å². The molecule has 0 saturated carbocycles. The second-order valence-corrected chi connectivity index (χ2v) is 4.03. The van der Waals surface area contributed by atoms with Gasteiger partial charge in [-0.25, -0.2) is 13.8 Å². The van der Waals surface area contributed by atoms with Gasteiger partial charge in [-0.2, -0.15) is 5.26 Å². The maximum atomic E-state index is 13.3. The molecule has 1 heterocycles. The van der Waals surface area contributed by atoms with Gasteiger partial charge < -0.3 is 5.11 Å². The highest BCUT2D eigenvalue weighted by atomic mass is 19.1. The Morgan fingerprint density at radius 3 is 2.75 bits per heavy atom. The molecular formula is C13H10FN3O3. The zero-order chi connectivity index (χ0) is 14.9. The quantitative estimate of drug-likeness (QED) is 0.847. The predicted octanol–water partition coefficient (Wildman–Crippen LogP) is 0.805. The fraction of sp³-hybridized carbons (Fsp3) is 0.154. The molecule has 2 N–H and O–H groups in total. The van der Waals surface area contributed by atoms with Gasteiger partial charge in [0.25, 0.3) is 5.56 Å². The fourth-order valence-corrected chi connectivity index (χ4v) is 1.86. The van der Waals surface area contributed by atoms with Gasteiger partial charge in [-0.15, -0.1) is 0 Å². The van der Waals surface area contributed by atoms with E-state index >= 15 is 0 Å². The van der Waals surface area contributed by atoms with E-state index in [0.717, 1.165) is 16.7 Å². The molecule has 0 aliphatic rings. The van der Waals surface area contributed by atoms with Crippen LogP contribution in [0.4, 0.5) is 4.39 Å². The molecule has 0 radical (unpaired) electrons. The normalized spacial score (nSPS) is 10.2. The summed E-state index contributed by atoms with van der Waals surface area (Å²) in [5.41, 5.74) is -1.67. The maximum Gasteiger partial charge on any atom is 0.335 e. The van der Waals surface area contributed by atoms with Crippen LogP contribution in [-0.2, 0) is 6.42 Å². The first-order chi connectivity index (χ1) is 9.49. The lowest BCUT2D eigenvalue weighted by Gasteiger charge is -2.10. The van der Waals surface area contributed by atoms with Crippen molar-refractivity contribution < 1.29 is 9.50 Å². The van der Waals surface area contributed by atoms with E-state index in [2.05, 4.69) is 4.98 Å². The van der Waals surface area contributed by atoms with Crippen LogP contribution in [0.5, 0.6) is 5.88 Å². The molecule has 2 rings (SSSR count). The standard InChI is InChI=1S/C13H10FN3O3/c1-2-9-11(18)16-13(20)17(12(9)19)8-3-4-10(14)7(5-8)6-15/h3-5,19H,2H2,1H3,(H,16,18,20). The molecule has 0 fully saturated rings. The number of hydrogen-bond acceptors (Lipinski definition) is 4. The number of nitriles is 1. The number of nitrogens with zero attached hydrogens (tertiary/aromatic N) is 2. The van der Waals surface area contributed by atoms with Gasteiger partial charge in [0.15, 0.2) is 0 Å². The van der Waals surface area contributed by atoms with Crippen LogP contribution in [0.15, 0.2) is 27.8 Å². The Morgan fingerprint density at radius 1 is 1.45 bits per heavy atom. The topological polar surface area (TPSA) is 98.9 Å². The molecule has 0 atom stereocenters. The van der Waals surface area contributed by atoms with Crippen LogP contribution >= 0.6 is 0 Å². The van der Waals surface area contributed by atoms with Crippen LogP contribution in [-0.4, -0.2) is 14.7 Å². The molecule has 0 saturated heterocycles. The number of benzene rings is 1. The highest BCUT2D eigenvalue weighted by Crippen LogP contribution is 2.18. The first-order valence-corrected chi connectivity index (χ1v) is 5.76. The molecule has 20 heavy (non-hydrogen) atoms. The van der Waals surface area contributed by atoms with E-state index in [-0.39, 0.29) is 23.2 Å². The third-order valence-electron chi connectivity index (χ3n) is 2.86. The van der Waals surface area contributed by atoms with Gasteiger partial charge in [0.2, 0.25) is 5.88 Å². The highest BCUT2D eigenvalue weighted by molar-refractivity contribution is 5.45. The lowest BCUT2D eigenvalue weighted by atomic mass is 10.2. The van der Waals surface area contributed by atoms with Crippen molar-refractivity contribution in [3.8, 4) is 17.6 Å². The molecule has 7 heteroatoms. The van der Waals surface area contributed by atoms with Gasteiger partial charge in [-0.1, -0.05) is 6.92 Å². The molecule has 1 aromatic heterocycles. The van der Waals surface area contributed by atoms with Crippen molar-refractivity contribution in [3.05, 3.63) is 56.0 Å². The minimum absolute atomic E-state index is 0.0347. The second kappa shape index (κ2) is 5.01. The van der Waals surface area contributed by atoms with Crippen molar-refractivity contribution in [2.45, 2.75) is 13.3 Å². The van der Waals surface area contributed by atoms with Gasteiger partial charge in [0.05, 0.1) is 16.8 Å². The predicted molar refractivity (Wildman–Crippen MR) is 68.4 cm³/mol. The Kier molecular flexibility index (Phi) is 3.39. The average Bonchev–Trinajstić information content (AvgIpc) is 2.40. The molecular weight excluding hydrogens is 265 g/mol. The summed E-state index contributed by atoms with van der Waals surface area (Å²) in [6.07, 6.45) is 0.216. The van der Waals surface area contributed by atoms with Crippen molar-refractivity contribution in [3.63, 3.8) is 0 Å². The molecule has 0 unspecified atom stereocenters. The average molecular weight is 275 g/mol. The van der Waals surface area contributed by atoms with Crippen molar-refractivity contribution in [1.29, 1.82) is 5.26 Å². The summed E-state index contributed by atoms with van der Waals surface area (Å²) < 4.78 is 14.1. The molecule has 0 spiro atoms. The molecule has 102 valence electrons. The molecule has 0 bridgehead atoms. The van der Waals surface area contributed by atoms with Crippen molar-refractivity contribution >= 4 is 0 Å². The zero-order valence-corrected chi connectivity index (χ0v) is 10.5. The molecule has 2 aromatic rings. The number of nitrogens with one attached hydrogen (secondary N) is 1. The van der Waals surface area contributed by atoms with E-state index in [1.54, 1.807) is 13.0 Å². The van der Waals surface area contributed by atoms with Crippen LogP contribution in [0.3, 0.4) is 0 Å². The Morgan fingerprint density at radius 2 is 2.15 bits per heavy atom. The van der Waals surface area contributed by atoms with Crippen LogP contribution < -0.4 is 11.2 Å². The number of aromatic hydroxyl groups is 1. The Bertz CT molecular complexity index is 830. The third kappa shape index (κ3) is 2.07. The van der Waals surface area contributed by atoms with E-state index < -0.39 is 22.9 Å². The molecule has 6 nitrogen and oxygen atoms in total. The van der Waals surface area contributed by atoms with Crippen LogP contribution in [0.2, 0.25) is 0 Å². The fourth-order valence-electron chi connectivity index (χ4n) is 1.86. The van der Waals surface area contributed by atoms with E-state index in [1.165, 1.54) is 6.07 Å². The SMILES string of the molecule is CCc1c(O)n(-c2ccc(F)c(C#N)c2)c(=O)[nH]c1=O. The van der Waals surface area contributed by atoms with Gasteiger partial charge in [0.1, 0.15) is 11.9 Å². The van der Waals surface area contributed by atoms with Crippen LogP contribution in [0, 0.1) is 17.1 Å². The summed E-state index contributed by atoms with van der Waals surface area (Å²) in [6.45, 7) is 1.64. The lowest BCUT2D eigenvalue weighted by molar-refractivity contribution is 0.423. The van der Waals surface area contributed by atoms with E-state index in [4.69, 9.17) is 5.26 Å². The molecule has 0 aliphatic heterocycles. The Balaban J connectivity index is 2.80. The molecule has 1 aromatic carbocycles. The minimum Gasteiger partial charge on any atom is -0.494 e. The van der Waals surface area contributed by atoms with Gasteiger partial charge in [-0.3, -0.25) is 9.78 Å². The molecule has 0 amide bonds. The summed E-state index contributed by atoms with van der Waals surface area (Å²) in [5, 5.41) is 18.8. The Hall–Kier alpha value is -2.88. The number of H-pyrrole nitrogens is 1. The highest BCUT2D eigenvalue weighted by Gasteiger charge is 2.15. The summed E-state index contributed by atoms with van der Waals surface area (Å²) >= 11 is 0. The first-order valence-electron chi connectivity index (χ1n) is 5.76. The number of halogens is 1. The third-order valence-corrected chi connectivity index (χ3v) is 2.86. The number of hydrogen-bond donors (Lipinski definition) is 2. The van der Waals surface area contributed by atoms with E-state index in [1.807, 2.05) is 0 Å². The minimum atomic E-state index is -0.861. The smallest absolute Gasteiger partial charge is 0.335 e. The second-order valence-electron chi connectivity index (χ2n) is 4.03. The van der Waals surface area contributed by atoms with Crippen molar-refractivity contribution in [2.24, 2.45) is 0 Å².